The minimum atomic E-state index is 0.590. The van der Waals surface area contributed by atoms with E-state index in [1.807, 2.05) is 82.7 Å². The monoisotopic (exact) mass is 594 g/mol. The van der Waals surface area contributed by atoms with E-state index in [2.05, 4.69) is 37.2 Å². The SMILES string of the molecule is S=C(Nc1cccc(Cl)c1)N1CCSC1=NN(c1ccccc1)c1cccc(Br)c1Br. The summed E-state index contributed by atoms with van der Waals surface area (Å²) in [5, 5.41) is 12.3. The van der Waals surface area contributed by atoms with Gasteiger partial charge >= 0.3 is 0 Å². The highest BCUT2D eigenvalue weighted by Gasteiger charge is 2.26. The number of nitrogens with zero attached hydrogens (tertiary/aromatic N) is 3. The molecule has 0 spiro atoms. The van der Waals surface area contributed by atoms with Crippen molar-refractivity contribution in [1.82, 2.24) is 4.90 Å². The quantitative estimate of drug-likeness (QED) is 0.246. The summed E-state index contributed by atoms with van der Waals surface area (Å²) in [5.41, 5.74) is 2.73. The molecule has 0 atom stereocenters. The predicted molar refractivity (Wildman–Crippen MR) is 145 cm³/mol. The van der Waals surface area contributed by atoms with Crippen molar-refractivity contribution < 1.29 is 0 Å². The third kappa shape index (κ3) is 5.43. The molecule has 1 heterocycles. The molecule has 9 heteroatoms. The van der Waals surface area contributed by atoms with E-state index in [1.54, 1.807) is 11.8 Å². The molecule has 3 aromatic rings. The lowest BCUT2D eigenvalue weighted by Crippen LogP contribution is -2.36. The van der Waals surface area contributed by atoms with Crippen molar-refractivity contribution in [3.8, 4) is 0 Å². The lowest BCUT2D eigenvalue weighted by molar-refractivity contribution is 0.683. The molecule has 0 aliphatic carbocycles. The van der Waals surface area contributed by atoms with E-state index in [1.165, 1.54) is 0 Å². The number of hydrogen-bond donors (Lipinski definition) is 1. The number of amidine groups is 1. The molecule has 1 N–H and O–H groups in total. The van der Waals surface area contributed by atoms with Gasteiger partial charge < -0.3 is 5.32 Å². The number of halogens is 3. The Kier molecular flexibility index (Phi) is 7.55. The Morgan fingerprint density at radius 3 is 2.61 bits per heavy atom. The third-order valence-corrected chi connectivity index (χ3v) is 7.97. The van der Waals surface area contributed by atoms with E-state index in [9.17, 15) is 0 Å². The second-order valence-electron chi connectivity index (χ2n) is 6.54. The van der Waals surface area contributed by atoms with Gasteiger partial charge in [-0.15, -0.1) is 5.10 Å². The second-order valence-corrected chi connectivity index (χ2v) is 10.1. The number of rotatable bonds is 4. The van der Waals surface area contributed by atoms with Crippen LogP contribution in [-0.4, -0.2) is 27.5 Å². The normalized spacial score (nSPS) is 14.7. The predicted octanol–water partition coefficient (Wildman–Crippen LogP) is 7.72. The summed E-state index contributed by atoms with van der Waals surface area (Å²) in [5.74, 6) is 0.901. The molecule has 0 bridgehead atoms. The number of hydrazone groups is 1. The Morgan fingerprint density at radius 1 is 1.06 bits per heavy atom. The zero-order valence-electron chi connectivity index (χ0n) is 16.1. The number of thioether (sulfide) groups is 1. The second kappa shape index (κ2) is 10.4. The molecule has 0 amide bonds. The summed E-state index contributed by atoms with van der Waals surface area (Å²) in [6, 6.07) is 23.6. The molecule has 1 fully saturated rings. The first-order valence-electron chi connectivity index (χ1n) is 9.37. The smallest absolute Gasteiger partial charge is 0.190 e. The molecular formula is C22H17Br2ClN4S2. The average Bonchev–Trinajstić information content (AvgIpc) is 3.23. The topological polar surface area (TPSA) is 30.9 Å². The first-order valence-corrected chi connectivity index (χ1v) is 12.7. The Labute approximate surface area is 212 Å². The Balaban J connectivity index is 1.67. The summed E-state index contributed by atoms with van der Waals surface area (Å²) in [7, 11) is 0. The van der Waals surface area contributed by atoms with Crippen LogP contribution in [0.15, 0.2) is 86.8 Å². The van der Waals surface area contributed by atoms with Gasteiger partial charge in [-0.2, -0.15) is 0 Å². The van der Waals surface area contributed by atoms with Gasteiger partial charge in [-0.1, -0.05) is 53.7 Å². The number of benzene rings is 3. The fourth-order valence-electron chi connectivity index (χ4n) is 2.99. The standard InChI is InChI=1S/C22H17Br2ClN4S2/c23-18-10-5-11-19(20(18)24)29(17-8-2-1-3-9-17)27-22-28(12-13-31-22)21(30)26-16-7-4-6-15(25)14-16/h1-11,14H,12-13H2,(H,26,30). The molecule has 1 saturated heterocycles. The van der Waals surface area contributed by atoms with Crippen molar-refractivity contribution in [2.45, 2.75) is 0 Å². The van der Waals surface area contributed by atoms with Crippen molar-refractivity contribution in [1.29, 1.82) is 0 Å². The van der Waals surface area contributed by atoms with Crippen molar-refractivity contribution >= 4 is 94.8 Å². The van der Waals surface area contributed by atoms with Crippen LogP contribution in [0.3, 0.4) is 0 Å². The zero-order valence-corrected chi connectivity index (χ0v) is 21.7. The number of hydrogen-bond acceptors (Lipinski definition) is 4. The highest BCUT2D eigenvalue weighted by atomic mass is 79.9. The fourth-order valence-corrected chi connectivity index (χ4v) is 5.26. The molecular weight excluding hydrogens is 580 g/mol. The number of nitrogens with one attached hydrogen (secondary N) is 1. The highest BCUT2D eigenvalue weighted by molar-refractivity contribution is 9.13. The van der Waals surface area contributed by atoms with Crippen LogP contribution < -0.4 is 10.3 Å². The van der Waals surface area contributed by atoms with Gasteiger partial charge in [0.15, 0.2) is 10.3 Å². The van der Waals surface area contributed by atoms with E-state index >= 15 is 0 Å². The van der Waals surface area contributed by atoms with E-state index in [0.29, 0.717) is 10.1 Å². The summed E-state index contributed by atoms with van der Waals surface area (Å²) < 4.78 is 1.89. The van der Waals surface area contributed by atoms with Gasteiger partial charge in [0.05, 0.1) is 15.8 Å². The fraction of sp³-hybridized carbons (Fsp3) is 0.0909. The van der Waals surface area contributed by atoms with E-state index in [4.69, 9.17) is 28.9 Å². The summed E-state index contributed by atoms with van der Waals surface area (Å²) >= 11 is 20.8. The van der Waals surface area contributed by atoms with Crippen LogP contribution in [0.2, 0.25) is 5.02 Å². The largest absolute Gasteiger partial charge is 0.332 e. The summed E-state index contributed by atoms with van der Waals surface area (Å²) in [6.07, 6.45) is 0. The van der Waals surface area contributed by atoms with Crippen molar-refractivity contribution in [3.63, 3.8) is 0 Å². The molecule has 0 radical (unpaired) electrons. The molecule has 1 aliphatic heterocycles. The van der Waals surface area contributed by atoms with Gasteiger partial charge in [-0.25, -0.2) is 5.01 Å². The molecule has 0 unspecified atom stereocenters. The molecule has 0 aromatic heterocycles. The number of anilines is 3. The first-order chi connectivity index (χ1) is 15.0. The average molecular weight is 597 g/mol. The third-order valence-electron chi connectivity index (χ3n) is 4.44. The number of thiocarbonyl (C=S) groups is 1. The maximum Gasteiger partial charge on any atom is 0.190 e. The van der Waals surface area contributed by atoms with Crippen LogP contribution in [0, 0.1) is 0 Å². The van der Waals surface area contributed by atoms with E-state index in [-0.39, 0.29) is 0 Å². The Bertz CT molecular complexity index is 1130. The number of para-hydroxylation sites is 1. The summed E-state index contributed by atoms with van der Waals surface area (Å²) in [6.45, 7) is 0.776. The molecule has 31 heavy (non-hydrogen) atoms. The molecule has 0 saturated carbocycles. The van der Waals surface area contributed by atoms with Gasteiger partial charge in [0.1, 0.15) is 0 Å². The van der Waals surface area contributed by atoms with Crippen LogP contribution in [0.25, 0.3) is 0 Å². The van der Waals surface area contributed by atoms with Gasteiger partial charge in [0, 0.05) is 27.5 Å². The first kappa shape index (κ1) is 22.6. The summed E-state index contributed by atoms with van der Waals surface area (Å²) in [4.78, 5) is 2.02. The minimum absolute atomic E-state index is 0.590. The molecule has 158 valence electrons. The van der Waals surface area contributed by atoms with Crippen LogP contribution in [0.1, 0.15) is 0 Å². The van der Waals surface area contributed by atoms with Crippen LogP contribution in [0.5, 0.6) is 0 Å². The molecule has 4 nitrogen and oxygen atoms in total. The van der Waals surface area contributed by atoms with Crippen molar-refractivity contribution in [2.24, 2.45) is 5.10 Å². The Morgan fingerprint density at radius 2 is 1.84 bits per heavy atom. The molecule has 4 rings (SSSR count). The minimum Gasteiger partial charge on any atom is -0.332 e. The van der Waals surface area contributed by atoms with Crippen molar-refractivity contribution in [2.75, 3.05) is 22.6 Å². The van der Waals surface area contributed by atoms with Gasteiger partial charge in [0.25, 0.3) is 0 Å². The van der Waals surface area contributed by atoms with Gasteiger partial charge in [-0.3, -0.25) is 4.90 Å². The van der Waals surface area contributed by atoms with Crippen LogP contribution >= 0.6 is 67.4 Å². The Hall–Kier alpha value is -1.58. The lowest BCUT2D eigenvalue weighted by Gasteiger charge is -2.25. The highest BCUT2D eigenvalue weighted by Crippen LogP contribution is 2.38. The van der Waals surface area contributed by atoms with Crippen LogP contribution in [0.4, 0.5) is 17.1 Å². The lowest BCUT2D eigenvalue weighted by atomic mass is 10.2. The molecule has 1 aliphatic rings. The maximum absolute atomic E-state index is 6.11. The maximum atomic E-state index is 6.11. The molecule has 3 aromatic carbocycles. The van der Waals surface area contributed by atoms with E-state index in [0.717, 1.165) is 43.5 Å². The van der Waals surface area contributed by atoms with E-state index < -0.39 is 0 Å². The zero-order chi connectivity index (χ0) is 21.8. The van der Waals surface area contributed by atoms with Crippen LogP contribution in [-0.2, 0) is 0 Å². The van der Waals surface area contributed by atoms with Gasteiger partial charge in [-0.05, 0) is 86.5 Å². The van der Waals surface area contributed by atoms with Gasteiger partial charge in [0.2, 0.25) is 0 Å². The van der Waals surface area contributed by atoms with Crippen molar-refractivity contribution in [3.05, 3.63) is 86.8 Å².